The van der Waals surface area contributed by atoms with E-state index in [1.807, 2.05) is 26.0 Å². The van der Waals surface area contributed by atoms with Gasteiger partial charge in [0.15, 0.2) is 5.82 Å². The molecule has 0 spiro atoms. The van der Waals surface area contributed by atoms with Crippen molar-refractivity contribution in [2.45, 2.75) is 39.7 Å². The Kier molecular flexibility index (Phi) is 5.13. The van der Waals surface area contributed by atoms with E-state index in [0.717, 1.165) is 23.4 Å². The minimum atomic E-state index is -0.232. The fourth-order valence-electron chi connectivity index (χ4n) is 2.32. The molecule has 3 rings (SSSR count). The van der Waals surface area contributed by atoms with Gasteiger partial charge in [0.1, 0.15) is 5.01 Å². The lowest BCUT2D eigenvalue weighted by atomic mass is 10.1. The molecule has 25 heavy (non-hydrogen) atoms. The van der Waals surface area contributed by atoms with E-state index in [9.17, 15) is 4.79 Å². The number of amides is 1. The Balaban J connectivity index is 1.80. The van der Waals surface area contributed by atoms with Gasteiger partial charge in [-0.3, -0.25) is 10.1 Å². The van der Waals surface area contributed by atoms with Crippen molar-refractivity contribution in [1.82, 2.24) is 30.4 Å². The summed E-state index contributed by atoms with van der Waals surface area (Å²) < 4.78 is 1.72. The Morgan fingerprint density at radius 2 is 2.12 bits per heavy atom. The van der Waals surface area contributed by atoms with E-state index < -0.39 is 0 Å². The van der Waals surface area contributed by atoms with Crippen LogP contribution in [0, 0.1) is 0 Å². The van der Waals surface area contributed by atoms with Gasteiger partial charge in [0.25, 0.3) is 5.91 Å². The molecule has 0 aliphatic rings. The van der Waals surface area contributed by atoms with Crippen molar-refractivity contribution in [3.8, 4) is 11.4 Å². The maximum atomic E-state index is 12.5. The number of nitrogens with zero attached hydrogens (tertiary/aromatic N) is 6. The third-order valence-electron chi connectivity index (χ3n) is 3.52. The second kappa shape index (κ2) is 7.47. The van der Waals surface area contributed by atoms with Crippen molar-refractivity contribution in [1.29, 1.82) is 0 Å². The van der Waals surface area contributed by atoms with Crippen LogP contribution < -0.4 is 5.32 Å². The zero-order chi connectivity index (χ0) is 17.8. The van der Waals surface area contributed by atoms with Gasteiger partial charge in [-0.1, -0.05) is 30.4 Å². The third-order valence-corrected chi connectivity index (χ3v) is 4.41. The molecule has 0 atom stereocenters. The lowest BCUT2D eigenvalue weighted by molar-refractivity contribution is 0.102. The molecule has 2 aromatic heterocycles. The first kappa shape index (κ1) is 17.2. The molecule has 3 aromatic rings. The molecule has 1 amide bonds. The van der Waals surface area contributed by atoms with Gasteiger partial charge in [-0.2, -0.15) is 0 Å². The van der Waals surface area contributed by atoms with E-state index in [0.29, 0.717) is 16.5 Å². The fourth-order valence-corrected chi connectivity index (χ4v) is 3.16. The van der Waals surface area contributed by atoms with Crippen LogP contribution in [0.5, 0.6) is 0 Å². The molecule has 1 N–H and O–H groups in total. The van der Waals surface area contributed by atoms with Crippen LogP contribution in [0.1, 0.15) is 48.6 Å². The summed E-state index contributed by atoms with van der Waals surface area (Å²) in [6, 6.07) is 7.34. The summed E-state index contributed by atoms with van der Waals surface area (Å²) >= 11 is 1.40. The van der Waals surface area contributed by atoms with E-state index in [2.05, 4.69) is 38.0 Å². The molecular weight excluding hydrogens is 338 g/mol. The normalized spacial score (nSPS) is 11.0. The van der Waals surface area contributed by atoms with Gasteiger partial charge in [-0.05, 0) is 42.8 Å². The SMILES string of the molecule is CCCc1nnc(NC(=O)c2cccc(-c3nnnn3C(C)C)c2)s1. The number of rotatable bonds is 6. The van der Waals surface area contributed by atoms with Crippen LogP contribution in [0.25, 0.3) is 11.4 Å². The third kappa shape index (κ3) is 3.87. The van der Waals surface area contributed by atoms with Crippen LogP contribution >= 0.6 is 11.3 Å². The zero-order valence-corrected chi connectivity index (χ0v) is 15.1. The molecule has 130 valence electrons. The lowest BCUT2D eigenvalue weighted by Crippen LogP contribution is -2.12. The second-order valence-electron chi connectivity index (χ2n) is 5.83. The topological polar surface area (TPSA) is 98.5 Å². The van der Waals surface area contributed by atoms with Crippen molar-refractivity contribution >= 4 is 22.4 Å². The Labute approximate surface area is 149 Å². The number of hydrogen-bond donors (Lipinski definition) is 1. The molecule has 0 aliphatic carbocycles. The van der Waals surface area contributed by atoms with E-state index >= 15 is 0 Å². The standard InChI is InChI=1S/C16H19N7OS/c1-4-6-13-18-20-16(25-13)17-15(24)12-8-5-7-11(9-12)14-19-21-22-23(14)10(2)3/h5,7-10H,4,6H2,1-3H3,(H,17,20,24). The van der Waals surface area contributed by atoms with Crippen molar-refractivity contribution in [3.63, 3.8) is 0 Å². The van der Waals surface area contributed by atoms with Gasteiger partial charge in [0.2, 0.25) is 5.13 Å². The van der Waals surface area contributed by atoms with Crippen molar-refractivity contribution in [3.05, 3.63) is 34.8 Å². The molecule has 0 bridgehead atoms. The molecule has 0 radical (unpaired) electrons. The van der Waals surface area contributed by atoms with Gasteiger partial charge in [0, 0.05) is 17.5 Å². The van der Waals surface area contributed by atoms with E-state index in [-0.39, 0.29) is 11.9 Å². The van der Waals surface area contributed by atoms with Gasteiger partial charge in [-0.15, -0.1) is 15.3 Å². The van der Waals surface area contributed by atoms with Gasteiger partial charge >= 0.3 is 0 Å². The van der Waals surface area contributed by atoms with E-state index in [1.165, 1.54) is 11.3 Å². The average molecular weight is 357 g/mol. The van der Waals surface area contributed by atoms with Crippen LogP contribution in [-0.4, -0.2) is 36.3 Å². The van der Waals surface area contributed by atoms with Gasteiger partial charge < -0.3 is 0 Å². The molecule has 0 saturated heterocycles. The summed E-state index contributed by atoms with van der Waals surface area (Å²) in [4.78, 5) is 12.5. The Morgan fingerprint density at radius 3 is 2.88 bits per heavy atom. The molecule has 0 saturated carbocycles. The summed E-state index contributed by atoms with van der Waals surface area (Å²) in [7, 11) is 0. The van der Waals surface area contributed by atoms with Crippen LogP contribution in [0.4, 0.5) is 5.13 Å². The Hall–Kier alpha value is -2.68. The fraction of sp³-hybridized carbons (Fsp3) is 0.375. The molecule has 2 heterocycles. The predicted octanol–water partition coefficient (Wildman–Crippen LogP) is 2.98. The van der Waals surface area contributed by atoms with E-state index in [4.69, 9.17) is 0 Å². The molecule has 8 nitrogen and oxygen atoms in total. The summed E-state index contributed by atoms with van der Waals surface area (Å²) in [5, 5.41) is 24.1. The summed E-state index contributed by atoms with van der Waals surface area (Å²) in [5.41, 5.74) is 1.30. The van der Waals surface area contributed by atoms with Crippen molar-refractivity contribution < 1.29 is 4.79 Å². The number of nitrogens with one attached hydrogen (secondary N) is 1. The molecule has 0 fully saturated rings. The van der Waals surface area contributed by atoms with Crippen molar-refractivity contribution in [2.75, 3.05) is 5.32 Å². The van der Waals surface area contributed by atoms with Gasteiger partial charge in [0.05, 0.1) is 6.04 Å². The first-order chi connectivity index (χ1) is 12.1. The number of carbonyl (C=O) groups excluding carboxylic acids is 1. The highest BCUT2D eigenvalue weighted by molar-refractivity contribution is 7.15. The minimum Gasteiger partial charge on any atom is -0.296 e. The smallest absolute Gasteiger partial charge is 0.257 e. The molecule has 0 unspecified atom stereocenters. The second-order valence-corrected chi connectivity index (χ2v) is 6.89. The minimum absolute atomic E-state index is 0.126. The monoisotopic (exact) mass is 357 g/mol. The van der Waals surface area contributed by atoms with E-state index in [1.54, 1.807) is 16.8 Å². The Morgan fingerprint density at radius 1 is 1.28 bits per heavy atom. The highest BCUT2D eigenvalue weighted by Gasteiger charge is 2.15. The molecular formula is C16H19N7OS. The van der Waals surface area contributed by atoms with Gasteiger partial charge in [-0.25, -0.2) is 4.68 Å². The van der Waals surface area contributed by atoms with Crippen LogP contribution in [0.2, 0.25) is 0 Å². The maximum absolute atomic E-state index is 12.5. The largest absolute Gasteiger partial charge is 0.296 e. The summed E-state index contributed by atoms with van der Waals surface area (Å²) in [6.07, 6.45) is 1.86. The average Bonchev–Trinajstić information content (AvgIpc) is 3.25. The quantitative estimate of drug-likeness (QED) is 0.728. The first-order valence-corrected chi connectivity index (χ1v) is 8.92. The molecule has 0 aliphatic heterocycles. The Bertz CT molecular complexity index is 871. The lowest BCUT2D eigenvalue weighted by Gasteiger charge is -2.08. The number of aryl methyl sites for hydroxylation is 1. The molecule has 1 aromatic carbocycles. The number of carbonyl (C=O) groups is 1. The summed E-state index contributed by atoms with van der Waals surface area (Å²) in [6.45, 7) is 6.08. The first-order valence-electron chi connectivity index (χ1n) is 8.10. The van der Waals surface area contributed by atoms with Crippen LogP contribution in [-0.2, 0) is 6.42 Å². The highest BCUT2D eigenvalue weighted by Crippen LogP contribution is 2.21. The highest BCUT2D eigenvalue weighted by atomic mass is 32.1. The number of aromatic nitrogens is 6. The van der Waals surface area contributed by atoms with Crippen LogP contribution in [0.15, 0.2) is 24.3 Å². The molecule has 9 heteroatoms. The number of anilines is 1. The van der Waals surface area contributed by atoms with Crippen molar-refractivity contribution in [2.24, 2.45) is 0 Å². The van der Waals surface area contributed by atoms with Crippen LogP contribution in [0.3, 0.4) is 0 Å². The maximum Gasteiger partial charge on any atom is 0.257 e. The predicted molar refractivity (Wildman–Crippen MR) is 95.5 cm³/mol. The zero-order valence-electron chi connectivity index (χ0n) is 14.3. The number of benzene rings is 1. The number of hydrogen-bond acceptors (Lipinski definition) is 7. The number of tetrazole rings is 1. The summed E-state index contributed by atoms with van der Waals surface area (Å²) in [5.74, 6) is 0.399.